The lowest BCUT2D eigenvalue weighted by Crippen LogP contribution is -2.26. The minimum Gasteiger partial charge on any atom is -0.351 e. The molecule has 0 bridgehead atoms. The highest BCUT2D eigenvalue weighted by molar-refractivity contribution is 9.10. The number of benzene rings is 1. The number of halogens is 1. The van der Waals surface area contributed by atoms with Gasteiger partial charge in [0, 0.05) is 28.8 Å². The van der Waals surface area contributed by atoms with Gasteiger partial charge in [0.15, 0.2) is 0 Å². The number of amides is 1. The molecule has 23 heavy (non-hydrogen) atoms. The van der Waals surface area contributed by atoms with Gasteiger partial charge in [0.05, 0.1) is 5.52 Å². The molecule has 1 N–H and O–H groups in total. The summed E-state index contributed by atoms with van der Waals surface area (Å²) in [7, 11) is 0. The Morgan fingerprint density at radius 3 is 2.78 bits per heavy atom. The number of nitrogens with one attached hydrogen (secondary N) is 1. The van der Waals surface area contributed by atoms with E-state index in [-0.39, 0.29) is 5.91 Å². The average Bonchev–Trinajstić information content (AvgIpc) is 2.94. The number of unbranched alkanes of at least 4 members (excludes halogenated alkanes) is 1. The number of hydrogen-bond acceptors (Lipinski definition) is 3. The molecule has 118 valence electrons. The molecule has 1 aromatic carbocycles. The maximum absolute atomic E-state index is 12.6. The third-order valence-corrected chi connectivity index (χ3v) is 4.06. The highest BCUT2D eigenvalue weighted by Crippen LogP contribution is 2.25. The monoisotopic (exact) mass is 372 g/mol. The smallest absolute Gasteiger partial charge is 0.268 e. The van der Waals surface area contributed by atoms with E-state index in [1.54, 1.807) is 23.0 Å². The molecule has 0 unspecified atom stereocenters. The molecule has 5 nitrogen and oxygen atoms in total. The first-order valence-corrected chi connectivity index (χ1v) is 8.36. The highest BCUT2D eigenvalue weighted by Gasteiger charge is 2.18. The van der Waals surface area contributed by atoms with Gasteiger partial charge in [0.1, 0.15) is 5.69 Å². The van der Waals surface area contributed by atoms with Crippen LogP contribution in [0.25, 0.3) is 16.9 Å². The van der Waals surface area contributed by atoms with Gasteiger partial charge in [-0.25, -0.2) is 9.97 Å². The van der Waals surface area contributed by atoms with Crippen molar-refractivity contribution in [2.24, 2.45) is 0 Å². The van der Waals surface area contributed by atoms with Crippen LogP contribution >= 0.6 is 15.9 Å². The summed E-state index contributed by atoms with van der Waals surface area (Å²) in [5.74, 6) is 0.378. The number of hydrogen-bond donors (Lipinski definition) is 1. The fraction of sp³-hybridized carbons (Fsp3) is 0.235. The second-order valence-electron chi connectivity index (χ2n) is 5.23. The Morgan fingerprint density at radius 1 is 1.26 bits per heavy atom. The molecule has 0 aliphatic rings. The topological polar surface area (TPSA) is 59.8 Å². The number of rotatable bonds is 5. The van der Waals surface area contributed by atoms with Crippen molar-refractivity contribution in [1.29, 1.82) is 0 Å². The molecule has 6 heteroatoms. The molecule has 0 fully saturated rings. The molecule has 3 aromatic rings. The first kappa shape index (κ1) is 15.7. The number of carbonyl (C=O) groups excluding carboxylic acids is 1. The molecule has 1 amide bonds. The average molecular weight is 373 g/mol. The van der Waals surface area contributed by atoms with E-state index in [1.807, 2.05) is 24.3 Å². The van der Waals surface area contributed by atoms with Gasteiger partial charge in [-0.2, -0.15) is 0 Å². The SMILES string of the molecule is CCCCNC(=O)c1cc2cc(Br)ccc2n1-c1ncccn1. The van der Waals surface area contributed by atoms with Crippen LogP contribution in [-0.4, -0.2) is 27.0 Å². The summed E-state index contributed by atoms with van der Waals surface area (Å²) in [4.78, 5) is 21.2. The van der Waals surface area contributed by atoms with E-state index in [0.717, 1.165) is 28.2 Å². The van der Waals surface area contributed by atoms with Crippen molar-refractivity contribution in [1.82, 2.24) is 19.9 Å². The zero-order valence-electron chi connectivity index (χ0n) is 12.8. The van der Waals surface area contributed by atoms with Crippen molar-refractivity contribution in [3.8, 4) is 5.95 Å². The Hall–Kier alpha value is -2.21. The molecule has 0 atom stereocenters. The summed E-state index contributed by atoms with van der Waals surface area (Å²) < 4.78 is 2.76. The van der Waals surface area contributed by atoms with Crippen LogP contribution in [0.1, 0.15) is 30.3 Å². The summed E-state index contributed by atoms with van der Waals surface area (Å²) in [6, 6.07) is 9.52. The van der Waals surface area contributed by atoms with E-state index < -0.39 is 0 Å². The number of fused-ring (bicyclic) bond motifs is 1. The van der Waals surface area contributed by atoms with Crippen LogP contribution < -0.4 is 5.32 Å². The molecule has 0 saturated carbocycles. The first-order valence-electron chi connectivity index (χ1n) is 7.57. The molecule has 0 spiro atoms. The quantitative estimate of drug-likeness (QED) is 0.694. The molecule has 0 saturated heterocycles. The fourth-order valence-corrected chi connectivity index (χ4v) is 2.82. The number of nitrogens with zero attached hydrogens (tertiary/aromatic N) is 3. The van der Waals surface area contributed by atoms with Crippen LogP contribution in [0.5, 0.6) is 0 Å². The van der Waals surface area contributed by atoms with E-state index in [4.69, 9.17) is 0 Å². The molecular formula is C17H17BrN4O. The molecule has 0 radical (unpaired) electrons. The van der Waals surface area contributed by atoms with Gasteiger partial charge in [-0.15, -0.1) is 0 Å². The molecule has 0 aliphatic carbocycles. The second-order valence-corrected chi connectivity index (χ2v) is 6.14. The lowest BCUT2D eigenvalue weighted by atomic mass is 10.2. The van der Waals surface area contributed by atoms with Crippen LogP contribution in [0, 0.1) is 0 Å². The van der Waals surface area contributed by atoms with Gasteiger partial charge in [-0.05, 0) is 36.8 Å². The Morgan fingerprint density at radius 2 is 2.04 bits per heavy atom. The summed E-state index contributed by atoms with van der Waals surface area (Å²) in [5.41, 5.74) is 1.44. The van der Waals surface area contributed by atoms with E-state index in [2.05, 4.69) is 38.1 Å². The molecule has 3 rings (SSSR count). The van der Waals surface area contributed by atoms with Gasteiger partial charge >= 0.3 is 0 Å². The van der Waals surface area contributed by atoms with Crippen LogP contribution in [0.4, 0.5) is 0 Å². The van der Waals surface area contributed by atoms with Crippen LogP contribution in [0.2, 0.25) is 0 Å². The minimum atomic E-state index is -0.113. The van der Waals surface area contributed by atoms with Gasteiger partial charge in [0.25, 0.3) is 5.91 Å². The highest BCUT2D eigenvalue weighted by atomic mass is 79.9. The van der Waals surface area contributed by atoms with Gasteiger partial charge < -0.3 is 5.32 Å². The normalized spacial score (nSPS) is 10.9. The van der Waals surface area contributed by atoms with Gasteiger partial charge in [-0.1, -0.05) is 29.3 Å². The van der Waals surface area contributed by atoms with Crippen LogP contribution in [0.3, 0.4) is 0 Å². The van der Waals surface area contributed by atoms with Gasteiger partial charge in [0.2, 0.25) is 5.95 Å². The Kier molecular flexibility index (Phi) is 4.71. The van der Waals surface area contributed by atoms with E-state index >= 15 is 0 Å². The van der Waals surface area contributed by atoms with Crippen LogP contribution in [-0.2, 0) is 0 Å². The second kappa shape index (κ2) is 6.91. The number of carbonyl (C=O) groups is 1. The van der Waals surface area contributed by atoms with Crippen LogP contribution in [0.15, 0.2) is 47.2 Å². The van der Waals surface area contributed by atoms with Gasteiger partial charge in [-0.3, -0.25) is 9.36 Å². The third-order valence-electron chi connectivity index (χ3n) is 3.56. The Labute approximate surface area is 142 Å². The summed E-state index contributed by atoms with van der Waals surface area (Å²) in [6.45, 7) is 2.76. The maximum atomic E-state index is 12.6. The zero-order chi connectivity index (χ0) is 16.2. The zero-order valence-corrected chi connectivity index (χ0v) is 14.4. The van der Waals surface area contributed by atoms with E-state index in [1.165, 1.54) is 0 Å². The lowest BCUT2D eigenvalue weighted by Gasteiger charge is -2.09. The number of aromatic nitrogens is 3. The summed E-state index contributed by atoms with van der Waals surface area (Å²) in [5, 5.41) is 3.92. The van der Waals surface area contributed by atoms with Crippen molar-refractivity contribution < 1.29 is 4.79 Å². The molecule has 0 aliphatic heterocycles. The fourth-order valence-electron chi connectivity index (χ4n) is 2.44. The molecule has 2 heterocycles. The molecular weight excluding hydrogens is 356 g/mol. The summed E-state index contributed by atoms with van der Waals surface area (Å²) in [6.07, 6.45) is 5.34. The minimum absolute atomic E-state index is 0.113. The van der Waals surface area contributed by atoms with E-state index in [9.17, 15) is 4.79 Å². The standard InChI is InChI=1S/C17H17BrN4O/c1-2-3-7-19-16(23)15-11-12-10-13(18)5-6-14(12)22(15)17-20-8-4-9-21-17/h4-6,8-11H,2-3,7H2,1H3,(H,19,23). The Bertz CT molecular complexity index is 829. The predicted octanol–water partition coefficient (Wildman–Crippen LogP) is 3.71. The van der Waals surface area contributed by atoms with Crippen molar-refractivity contribution >= 4 is 32.7 Å². The van der Waals surface area contributed by atoms with Crippen molar-refractivity contribution in [2.45, 2.75) is 19.8 Å². The largest absolute Gasteiger partial charge is 0.351 e. The Balaban J connectivity index is 2.10. The predicted molar refractivity (Wildman–Crippen MR) is 93.8 cm³/mol. The molecule has 2 aromatic heterocycles. The lowest BCUT2D eigenvalue weighted by molar-refractivity contribution is 0.0946. The third kappa shape index (κ3) is 3.27. The first-order chi connectivity index (χ1) is 11.2. The summed E-state index contributed by atoms with van der Waals surface area (Å²) >= 11 is 3.47. The maximum Gasteiger partial charge on any atom is 0.268 e. The van der Waals surface area contributed by atoms with Crippen molar-refractivity contribution in [3.63, 3.8) is 0 Å². The van der Waals surface area contributed by atoms with E-state index in [0.29, 0.717) is 18.2 Å². The van der Waals surface area contributed by atoms with Crippen molar-refractivity contribution in [3.05, 3.63) is 52.9 Å². The van der Waals surface area contributed by atoms with Crippen molar-refractivity contribution in [2.75, 3.05) is 6.54 Å².